The number of benzene rings is 1. The number of fused-ring (bicyclic) bond motifs is 2. The number of rotatable bonds is 0. The molecule has 0 radical (unpaired) electrons. The molecular formula is C13H15Br2N. The Kier molecular flexibility index (Phi) is 2.69. The van der Waals surface area contributed by atoms with Gasteiger partial charge in [0.05, 0.1) is 0 Å². The average molecular weight is 345 g/mol. The third-order valence-electron chi connectivity index (χ3n) is 4.13. The van der Waals surface area contributed by atoms with Gasteiger partial charge in [-0.3, -0.25) is 0 Å². The first-order valence-corrected chi connectivity index (χ1v) is 7.37. The monoisotopic (exact) mass is 343 g/mol. The minimum atomic E-state index is 0.423. The molecule has 1 aromatic rings. The second kappa shape index (κ2) is 3.82. The largest absolute Gasteiger partial charge is 0.305 e. The first-order valence-electron chi connectivity index (χ1n) is 5.78. The quantitative estimate of drug-likeness (QED) is 0.693. The summed E-state index contributed by atoms with van der Waals surface area (Å²) in [5.41, 5.74) is 3.53. The van der Waals surface area contributed by atoms with Crippen molar-refractivity contribution in [3.8, 4) is 0 Å². The lowest BCUT2D eigenvalue weighted by Crippen LogP contribution is -2.27. The molecule has 1 atom stereocenters. The summed E-state index contributed by atoms with van der Waals surface area (Å²) < 4.78 is 2.59. The summed E-state index contributed by atoms with van der Waals surface area (Å²) in [4.78, 5) is 2.46. The summed E-state index contributed by atoms with van der Waals surface area (Å²) in [7, 11) is 2.23. The molecule has 16 heavy (non-hydrogen) atoms. The van der Waals surface area contributed by atoms with Crippen molar-refractivity contribution in [2.45, 2.75) is 24.7 Å². The highest BCUT2D eigenvalue weighted by Gasteiger charge is 2.44. The summed E-state index contributed by atoms with van der Waals surface area (Å²) in [5, 5.41) is 0. The van der Waals surface area contributed by atoms with Crippen molar-refractivity contribution in [2.24, 2.45) is 0 Å². The van der Waals surface area contributed by atoms with E-state index in [1.54, 1.807) is 5.56 Å². The van der Waals surface area contributed by atoms with E-state index in [1.807, 2.05) is 0 Å². The Balaban J connectivity index is 2.15. The van der Waals surface area contributed by atoms with Crippen LogP contribution in [-0.2, 0) is 11.8 Å². The van der Waals surface area contributed by atoms with Crippen LogP contribution in [-0.4, -0.2) is 25.0 Å². The van der Waals surface area contributed by atoms with Gasteiger partial charge < -0.3 is 4.90 Å². The molecule has 1 aromatic carbocycles. The van der Waals surface area contributed by atoms with Crippen LogP contribution in [0.25, 0.3) is 0 Å². The summed E-state index contributed by atoms with van der Waals surface area (Å²) in [5.74, 6) is 0. The van der Waals surface area contributed by atoms with E-state index in [9.17, 15) is 0 Å². The van der Waals surface area contributed by atoms with E-state index in [4.69, 9.17) is 0 Å². The minimum absolute atomic E-state index is 0.423. The van der Waals surface area contributed by atoms with Crippen molar-refractivity contribution in [3.63, 3.8) is 0 Å². The molecule has 0 N–H and O–H groups in total. The zero-order valence-electron chi connectivity index (χ0n) is 9.39. The lowest BCUT2D eigenvalue weighted by molar-refractivity contribution is 0.366. The summed E-state index contributed by atoms with van der Waals surface area (Å²) >= 11 is 7.44. The highest BCUT2D eigenvalue weighted by molar-refractivity contribution is 9.11. The molecule has 86 valence electrons. The molecule has 0 bridgehead atoms. The van der Waals surface area contributed by atoms with Gasteiger partial charge in [-0.25, -0.2) is 0 Å². The summed E-state index contributed by atoms with van der Waals surface area (Å²) in [6, 6.07) is 4.36. The normalized spacial score (nSPS) is 28.9. The number of hydrogen-bond acceptors (Lipinski definition) is 1. The van der Waals surface area contributed by atoms with Crippen LogP contribution < -0.4 is 0 Å². The van der Waals surface area contributed by atoms with Gasteiger partial charge in [0.2, 0.25) is 0 Å². The van der Waals surface area contributed by atoms with Gasteiger partial charge in [0.15, 0.2) is 0 Å². The highest BCUT2D eigenvalue weighted by atomic mass is 79.9. The fraction of sp³-hybridized carbons (Fsp3) is 0.538. The van der Waals surface area contributed by atoms with Gasteiger partial charge in [0.1, 0.15) is 0 Å². The minimum Gasteiger partial charge on any atom is -0.305 e. The third kappa shape index (κ3) is 1.52. The molecule has 1 aliphatic carbocycles. The molecule has 1 heterocycles. The van der Waals surface area contributed by atoms with Crippen molar-refractivity contribution in [2.75, 3.05) is 20.1 Å². The number of likely N-dealkylation sites (N-methyl/N-ethyl adjacent to an activating group) is 1. The molecule has 1 unspecified atom stereocenters. The SMILES string of the molecule is CN1CCC2(CCc3c(Br)ccc(Br)c32)C1. The fourth-order valence-corrected chi connectivity index (χ4v) is 4.71. The number of halogens is 2. The maximum absolute atomic E-state index is 3.75. The van der Waals surface area contributed by atoms with E-state index < -0.39 is 0 Å². The summed E-state index contributed by atoms with van der Waals surface area (Å²) in [6.07, 6.45) is 3.85. The lowest BCUT2D eigenvalue weighted by atomic mass is 9.81. The van der Waals surface area contributed by atoms with Gasteiger partial charge in [-0.1, -0.05) is 31.9 Å². The van der Waals surface area contributed by atoms with Crippen molar-refractivity contribution < 1.29 is 0 Å². The standard InChI is InChI=1S/C13H15Br2N/c1-16-7-6-13(8-16)5-4-9-10(14)2-3-11(15)12(9)13/h2-3H,4-8H2,1H3. The summed E-state index contributed by atoms with van der Waals surface area (Å²) in [6.45, 7) is 2.45. The van der Waals surface area contributed by atoms with E-state index in [-0.39, 0.29) is 0 Å². The molecule has 1 aliphatic heterocycles. The molecule has 1 fully saturated rings. The van der Waals surface area contributed by atoms with Crippen LogP contribution in [0.2, 0.25) is 0 Å². The third-order valence-corrected chi connectivity index (χ3v) is 5.54. The Morgan fingerprint density at radius 3 is 2.62 bits per heavy atom. The average Bonchev–Trinajstić information content (AvgIpc) is 2.80. The van der Waals surface area contributed by atoms with Crippen molar-refractivity contribution in [1.29, 1.82) is 0 Å². The molecule has 3 rings (SSSR count). The van der Waals surface area contributed by atoms with Crippen LogP contribution in [0.1, 0.15) is 24.0 Å². The smallest absolute Gasteiger partial charge is 0.0217 e. The van der Waals surface area contributed by atoms with Crippen LogP contribution in [0.3, 0.4) is 0 Å². The Labute approximate surface area is 113 Å². The molecule has 3 heteroatoms. The molecule has 1 saturated heterocycles. The first kappa shape index (κ1) is 11.2. The van der Waals surface area contributed by atoms with Crippen LogP contribution >= 0.6 is 31.9 Å². The Morgan fingerprint density at radius 2 is 1.94 bits per heavy atom. The Bertz CT molecular complexity index is 444. The van der Waals surface area contributed by atoms with E-state index in [0.717, 1.165) is 0 Å². The predicted molar refractivity (Wildman–Crippen MR) is 74.0 cm³/mol. The Morgan fingerprint density at radius 1 is 1.19 bits per heavy atom. The maximum Gasteiger partial charge on any atom is 0.0217 e. The molecule has 0 amide bonds. The fourth-order valence-electron chi connectivity index (χ4n) is 3.39. The number of nitrogens with zero attached hydrogens (tertiary/aromatic N) is 1. The second-order valence-corrected chi connectivity index (χ2v) is 6.86. The van der Waals surface area contributed by atoms with Crippen LogP contribution in [0.5, 0.6) is 0 Å². The predicted octanol–water partition coefficient (Wildman–Crippen LogP) is 3.73. The molecule has 0 saturated carbocycles. The van der Waals surface area contributed by atoms with E-state index in [0.29, 0.717) is 5.41 Å². The second-order valence-electron chi connectivity index (χ2n) is 5.15. The molecule has 1 spiro atoms. The number of hydrogen-bond donors (Lipinski definition) is 0. The zero-order valence-corrected chi connectivity index (χ0v) is 12.6. The van der Waals surface area contributed by atoms with E-state index in [1.165, 1.54) is 46.9 Å². The van der Waals surface area contributed by atoms with Crippen LogP contribution in [0, 0.1) is 0 Å². The first-order chi connectivity index (χ1) is 7.62. The van der Waals surface area contributed by atoms with Crippen LogP contribution in [0.15, 0.2) is 21.1 Å². The van der Waals surface area contributed by atoms with Crippen molar-refractivity contribution in [3.05, 3.63) is 32.2 Å². The topological polar surface area (TPSA) is 3.24 Å². The molecule has 2 aliphatic rings. The molecule has 1 nitrogen and oxygen atoms in total. The Hall–Kier alpha value is 0.140. The van der Waals surface area contributed by atoms with E-state index in [2.05, 4.69) is 55.9 Å². The maximum atomic E-state index is 3.75. The van der Waals surface area contributed by atoms with Gasteiger partial charge in [0, 0.05) is 20.9 Å². The van der Waals surface area contributed by atoms with Crippen molar-refractivity contribution >= 4 is 31.9 Å². The van der Waals surface area contributed by atoms with Gasteiger partial charge in [-0.2, -0.15) is 0 Å². The van der Waals surface area contributed by atoms with Gasteiger partial charge >= 0.3 is 0 Å². The highest BCUT2D eigenvalue weighted by Crippen LogP contribution is 2.49. The lowest BCUT2D eigenvalue weighted by Gasteiger charge is -2.26. The van der Waals surface area contributed by atoms with Gasteiger partial charge in [-0.15, -0.1) is 0 Å². The molecular weight excluding hydrogens is 330 g/mol. The van der Waals surface area contributed by atoms with E-state index >= 15 is 0 Å². The van der Waals surface area contributed by atoms with Crippen molar-refractivity contribution in [1.82, 2.24) is 4.90 Å². The van der Waals surface area contributed by atoms with Gasteiger partial charge in [-0.05, 0) is 56.1 Å². The molecule has 0 aromatic heterocycles. The van der Waals surface area contributed by atoms with Crippen LogP contribution in [0.4, 0.5) is 0 Å². The number of likely N-dealkylation sites (tertiary alicyclic amines) is 1. The van der Waals surface area contributed by atoms with Gasteiger partial charge in [0.25, 0.3) is 0 Å². The zero-order chi connectivity index (χ0) is 11.3.